The minimum absolute atomic E-state index is 0.232. The molecule has 0 radical (unpaired) electrons. The molecule has 3 nitrogen and oxygen atoms in total. The van der Waals surface area contributed by atoms with Crippen molar-refractivity contribution in [3.8, 4) is 0 Å². The zero-order chi connectivity index (χ0) is 11.4. The van der Waals surface area contributed by atoms with Gasteiger partial charge in [0.2, 0.25) is 0 Å². The van der Waals surface area contributed by atoms with Crippen LogP contribution in [-0.2, 0) is 4.84 Å². The molecule has 1 heterocycles. The fraction of sp³-hybridized carbons (Fsp3) is 0.444. The Bertz CT molecular complexity index is 352. The fourth-order valence-electron chi connectivity index (χ4n) is 0.824. The van der Waals surface area contributed by atoms with Gasteiger partial charge in [-0.05, 0) is 43.8 Å². The van der Waals surface area contributed by atoms with Gasteiger partial charge in [-0.25, -0.2) is 5.48 Å². The van der Waals surface area contributed by atoms with E-state index in [1.807, 2.05) is 13.8 Å². The number of hydrogen-bond donors (Lipinski definition) is 1. The molecule has 0 saturated carbocycles. The molecule has 15 heavy (non-hydrogen) atoms. The second-order valence-corrected chi connectivity index (χ2v) is 7.12. The number of rotatable bonds is 4. The van der Waals surface area contributed by atoms with Crippen LogP contribution in [0.5, 0.6) is 0 Å². The molecule has 1 aromatic heterocycles. The summed E-state index contributed by atoms with van der Waals surface area (Å²) in [6, 6.07) is 1.75. The SMILES string of the molecule is CC(C)CONC(=O)c1cc(Br)sc1Br. The maximum absolute atomic E-state index is 11.6. The number of amides is 1. The maximum atomic E-state index is 11.6. The highest BCUT2D eigenvalue weighted by Gasteiger charge is 2.13. The molecule has 0 spiro atoms. The Morgan fingerprint density at radius 2 is 2.27 bits per heavy atom. The molecule has 1 rings (SSSR count). The van der Waals surface area contributed by atoms with Gasteiger partial charge in [0.05, 0.1) is 19.7 Å². The van der Waals surface area contributed by atoms with Crippen LogP contribution in [0.4, 0.5) is 0 Å². The first-order chi connectivity index (χ1) is 7.00. The Labute approximate surface area is 109 Å². The van der Waals surface area contributed by atoms with Crippen molar-refractivity contribution in [2.24, 2.45) is 5.92 Å². The number of halogens is 2. The van der Waals surface area contributed by atoms with Crippen molar-refractivity contribution in [2.75, 3.05) is 6.61 Å². The monoisotopic (exact) mass is 355 g/mol. The minimum atomic E-state index is -0.232. The van der Waals surface area contributed by atoms with E-state index in [2.05, 4.69) is 37.3 Å². The molecule has 0 unspecified atom stereocenters. The summed E-state index contributed by atoms with van der Waals surface area (Å²) in [6.45, 7) is 4.54. The summed E-state index contributed by atoms with van der Waals surface area (Å²) in [5, 5.41) is 0. The molecule has 0 aliphatic rings. The molecule has 0 aromatic carbocycles. The third-order valence-corrected chi connectivity index (χ3v) is 3.82. The topological polar surface area (TPSA) is 38.3 Å². The van der Waals surface area contributed by atoms with E-state index in [0.717, 1.165) is 7.57 Å². The highest BCUT2D eigenvalue weighted by molar-refractivity contribution is 9.12. The smallest absolute Gasteiger partial charge is 0.273 e. The third-order valence-electron chi connectivity index (χ3n) is 1.48. The Balaban J connectivity index is 2.50. The lowest BCUT2D eigenvalue weighted by Crippen LogP contribution is -2.25. The molecule has 0 bridgehead atoms. The van der Waals surface area contributed by atoms with Crippen molar-refractivity contribution in [1.29, 1.82) is 0 Å². The molecule has 6 heteroatoms. The van der Waals surface area contributed by atoms with Gasteiger partial charge in [-0.2, -0.15) is 0 Å². The van der Waals surface area contributed by atoms with E-state index in [-0.39, 0.29) is 5.91 Å². The van der Waals surface area contributed by atoms with Gasteiger partial charge in [0.25, 0.3) is 5.91 Å². The van der Waals surface area contributed by atoms with Gasteiger partial charge < -0.3 is 0 Å². The Hall–Kier alpha value is 0.0900. The summed E-state index contributed by atoms with van der Waals surface area (Å²) >= 11 is 8.08. The van der Waals surface area contributed by atoms with Crippen LogP contribution in [0.3, 0.4) is 0 Å². The average Bonchev–Trinajstić information content (AvgIpc) is 2.44. The van der Waals surface area contributed by atoms with Crippen LogP contribution < -0.4 is 5.48 Å². The van der Waals surface area contributed by atoms with Gasteiger partial charge in [-0.3, -0.25) is 9.63 Å². The van der Waals surface area contributed by atoms with E-state index in [4.69, 9.17) is 4.84 Å². The van der Waals surface area contributed by atoms with Crippen LogP contribution in [-0.4, -0.2) is 12.5 Å². The third kappa shape index (κ3) is 4.22. The van der Waals surface area contributed by atoms with Crippen molar-refractivity contribution in [2.45, 2.75) is 13.8 Å². The standard InChI is InChI=1S/C9H11Br2NO2S/c1-5(2)4-14-12-9(13)6-3-7(10)15-8(6)11/h3,5H,4H2,1-2H3,(H,12,13). The Kier molecular flexibility index (Phi) is 5.25. The molecular formula is C9H11Br2NO2S. The van der Waals surface area contributed by atoms with E-state index < -0.39 is 0 Å². The van der Waals surface area contributed by atoms with E-state index in [1.165, 1.54) is 11.3 Å². The van der Waals surface area contributed by atoms with Gasteiger partial charge in [0.1, 0.15) is 0 Å². The molecule has 0 atom stereocenters. The van der Waals surface area contributed by atoms with Gasteiger partial charge in [0.15, 0.2) is 0 Å². The molecule has 0 aliphatic carbocycles. The summed E-state index contributed by atoms with van der Waals surface area (Å²) in [5.41, 5.74) is 2.98. The quantitative estimate of drug-likeness (QED) is 0.837. The van der Waals surface area contributed by atoms with Crippen LogP contribution in [0.15, 0.2) is 13.6 Å². The van der Waals surface area contributed by atoms with Crippen LogP contribution in [0.2, 0.25) is 0 Å². The van der Waals surface area contributed by atoms with Crippen LogP contribution in [0.1, 0.15) is 24.2 Å². The number of hydrogen-bond acceptors (Lipinski definition) is 3. The first-order valence-electron chi connectivity index (χ1n) is 4.37. The lowest BCUT2D eigenvalue weighted by molar-refractivity contribution is 0.0208. The van der Waals surface area contributed by atoms with Crippen molar-refractivity contribution in [3.05, 3.63) is 19.2 Å². The van der Waals surface area contributed by atoms with Crippen molar-refractivity contribution >= 4 is 49.1 Å². The second kappa shape index (κ2) is 5.98. The Morgan fingerprint density at radius 3 is 2.73 bits per heavy atom. The zero-order valence-electron chi connectivity index (χ0n) is 8.34. The lowest BCUT2D eigenvalue weighted by atomic mass is 10.2. The predicted octanol–water partition coefficient (Wildman–Crippen LogP) is 3.59. The highest BCUT2D eigenvalue weighted by Crippen LogP contribution is 2.31. The molecule has 1 N–H and O–H groups in total. The number of thiophene rings is 1. The van der Waals surface area contributed by atoms with E-state index in [1.54, 1.807) is 6.07 Å². The minimum Gasteiger partial charge on any atom is -0.273 e. The number of carbonyl (C=O) groups is 1. The van der Waals surface area contributed by atoms with E-state index >= 15 is 0 Å². The van der Waals surface area contributed by atoms with Gasteiger partial charge in [-0.15, -0.1) is 11.3 Å². The summed E-state index contributed by atoms with van der Waals surface area (Å²) in [4.78, 5) is 16.6. The molecule has 0 aliphatic heterocycles. The zero-order valence-corrected chi connectivity index (χ0v) is 12.3. The summed E-state index contributed by atoms with van der Waals surface area (Å²) in [6.07, 6.45) is 0. The van der Waals surface area contributed by atoms with Crippen LogP contribution >= 0.6 is 43.2 Å². The Morgan fingerprint density at radius 1 is 1.60 bits per heavy atom. The van der Waals surface area contributed by atoms with Gasteiger partial charge >= 0.3 is 0 Å². The van der Waals surface area contributed by atoms with Crippen molar-refractivity contribution in [1.82, 2.24) is 5.48 Å². The normalized spacial score (nSPS) is 10.7. The summed E-state index contributed by atoms with van der Waals surface area (Å²) < 4.78 is 1.70. The predicted molar refractivity (Wildman–Crippen MR) is 68.0 cm³/mol. The summed E-state index contributed by atoms with van der Waals surface area (Å²) in [5.74, 6) is 0.160. The van der Waals surface area contributed by atoms with Crippen LogP contribution in [0.25, 0.3) is 0 Å². The van der Waals surface area contributed by atoms with E-state index in [0.29, 0.717) is 18.1 Å². The largest absolute Gasteiger partial charge is 0.276 e. The number of carbonyl (C=O) groups excluding carboxylic acids is 1. The maximum Gasteiger partial charge on any atom is 0.276 e. The molecule has 0 saturated heterocycles. The fourth-order valence-corrected chi connectivity index (χ4v) is 3.62. The molecule has 0 fully saturated rings. The summed E-state index contributed by atoms with van der Waals surface area (Å²) in [7, 11) is 0. The second-order valence-electron chi connectivity index (χ2n) is 3.37. The molecule has 1 aromatic rings. The van der Waals surface area contributed by atoms with Crippen molar-refractivity contribution in [3.63, 3.8) is 0 Å². The first kappa shape index (κ1) is 13.2. The lowest BCUT2D eigenvalue weighted by Gasteiger charge is -2.06. The molecule has 1 amide bonds. The van der Waals surface area contributed by atoms with Gasteiger partial charge in [-0.1, -0.05) is 13.8 Å². The van der Waals surface area contributed by atoms with Crippen LogP contribution in [0, 0.1) is 5.92 Å². The number of hydroxylamine groups is 1. The van der Waals surface area contributed by atoms with E-state index in [9.17, 15) is 4.79 Å². The molecular weight excluding hydrogens is 346 g/mol. The van der Waals surface area contributed by atoms with Gasteiger partial charge in [0, 0.05) is 0 Å². The van der Waals surface area contributed by atoms with Crippen molar-refractivity contribution < 1.29 is 9.63 Å². The average molecular weight is 357 g/mol. The first-order valence-corrected chi connectivity index (χ1v) is 6.78. The highest BCUT2D eigenvalue weighted by atomic mass is 79.9. The number of nitrogens with one attached hydrogen (secondary N) is 1. The molecule has 84 valence electrons.